The van der Waals surface area contributed by atoms with Crippen LogP contribution in [0.2, 0.25) is 0 Å². The first-order valence-corrected chi connectivity index (χ1v) is 29.7. The number of rotatable bonds is 42. The smallest absolute Gasteiger partial charge is 0.303 e. The molecule has 0 saturated carbocycles. The van der Waals surface area contributed by atoms with Crippen molar-refractivity contribution < 1.29 is 67.7 Å². The molecule has 1 aromatic carbocycles. The number of nitrogens with zero attached hydrogens (tertiary/aromatic N) is 3. The number of carboxylic acid groups (broad SMARTS) is 1. The molecule has 0 aromatic heterocycles. The normalized spacial score (nSPS) is 15.2. The van der Waals surface area contributed by atoms with Gasteiger partial charge in [0.25, 0.3) is 11.4 Å². The van der Waals surface area contributed by atoms with E-state index in [2.05, 4.69) is 63.8 Å². The molecule has 1 aliphatic heterocycles. The predicted octanol–water partition coefficient (Wildman–Crippen LogP) is -4.38. The third kappa shape index (κ3) is 29.1. The summed E-state index contributed by atoms with van der Waals surface area (Å²) in [4.78, 5) is 171. The van der Waals surface area contributed by atoms with Crippen LogP contribution in [-0.2, 0) is 52.7 Å². The minimum atomic E-state index is -1.81. The van der Waals surface area contributed by atoms with Gasteiger partial charge in [-0.05, 0) is 95.5 Å². The molecule has 1 heterocycles. The molecule has 9 atom stereocenters. The van der Waals surface area contributed by atoms with Crippen LogP contribution in [0.25, 0.3) is 0 Å². The second-order valence-electron chi connectivity index (χ2n) is 22.5. The lowest BCUT2D eigenvalue weighted by atomic mass is 10.0. The number of nitrogens with two attached hydrogens (primary N) is 4. The van der Waals surface area contributed by atoms with Crippen molar-refractivity contribution in [1.29, 1.82) is 16.2 Å². The monoisotopic (exact) mass is 1300 g/mol. The Morgan fingerprint density at radius 2 is 1.15 bits per heavy atom. The molecule has 0 aliphatic carbocycles. The van der Waals surface area contributed by atoms with Crippen molar-refractivity contribution in [2.45, 2.75) is 166 Å². The van der Waals surface area contributed by atoms with Gasteiger partial charge in [0.2, 0.25) is 59.5 Å². The van der Waals surface area contributed by atoms with Gasteiger partial charge in [0.05, 0.1) is 34.5 Å². The summed E-state index contributed by atoms with van der Waals surface area (Å²) in [5, 5.41) is 85.1. The van der Waals surface area contributed by atoms with Gasteiger partial charge >= 0.3 is 5.97 Å². The summed E-state index contributed by atoms with van der Waals surface area (Å²) in [6, 6.07) is -9.86. The molecule has 1 aromatic rings. The van der Waals surface area contributed by atoms with Crippen LogP contribution in [-0.4, -0.2) is 197 Å². The lowest BCUT2D eigenvalue weighted by molar-refractivity contribution is -0.393. The van der Waals surface area contributed by atoms with Crippen LogP contribution >= 0.6 is 0 Å². The average Bonchev–Trinajstić information content (AvgIpc) is 1.91. The quantitative estimate of drug-likeness (QED) is 0.00966. The van der Waals surface area contributed by atoms with E-state index in [0.717, 1.165) is 19.1 Å². The molecule has 0 unspecified atom stereocenters. The van der Waals surface area contributed by atoms with Crippen LogP contribution in [0.15, 0.2) is 18.2 Å². The zero-order valence-corrected chi connectivity index (χ0v) is 52.0. The number of likely N-dealkylation sites (tertiary alicyclic amines) is 1. The number of carbonyl (C=O) groups excluding carboxylic acids is 10. The largest absolute Gasteiger partial charge is 0.481 e. The molecule has 38 nitrogen and oxygen atoms in total. The fraction of sp³-hybridized carbons (Fsp3) is 0.630. The molecule has 24 N–H and O–H groups in total. The first-order valence-electron chi connectivity index (χ1n) is 29.7. The Labute approximate surface area is 530 Å². The molecule has 9 amide bonds. The summed E-state index contributed by atoms with van der Waals surface area (Å²) < 4.78 is 0. The minimum Gasteiger partial charge on any atom is -0.481 e. The van der Waals surface area contributed by atoms with E-state index in [1.165, 1.54) is 4.90 Å². The third-order valence-corrected chi connectivity index (χ3v) is 13.9. The summed E-state index contributed by atoms with van der Waals surface area (Å²) in [6.07, 6.45) is 1.90. The van der Waals surface area contributed by atoms with E-state index in [9.17, 15) is 78.1 Å². The number of guanidine groups is 3. The van der Waals surface area contributed by atoms with Gasteiger partial charge in [-0.15, -0.1) is 0 Å². The first-order chi connectivity index (χ1) is 43.2. The SMILES string of the molecule is CC(C)C[C@H](NC(=O)CNC(=O)[C@H](CC(C)C)NC(=O)[C@@H]1CCCN1C(=O)[C@@H](N)CCCNC(=N)N)C(=O)N[C@@H](CNc1ccc([N+](=O)[O-])cc1[N+](=O)[O-])C(=O)N[C@@H](C)C(=O)N[C@H](CCCNC(=N)N)C(=O)N[C@H](CCC(=O)O)C(=O)N[C@@H]([C]=O)CCCNC(=N)N. The molecule has 511 valence electrons. The van der Waals surface area contributed by atoms with Crippen molar-refractivity contribution in [2.24, 2.45) is 34.8 Å². The van der Waals surface area contributed by atoms with Crippen LogP contribution in [0.1, 0.15) is 112 Å². The Kier molecular flexibility index (Phi) is 33.8. The van der Waals surface area contributed by atoms with Crippen molar-refractivity contribution in [3.8, 4) is 0 Å². The van der Waals surface area contributed by atoms with E-state index in [0.29, 0.717) is 25.5 Å². The number of aliphatic carboxylic acids is 1. The summed E-state index contributed by atoms with van der Waals surface area (Å²) >= 11 is 0. The van der Waals surface area contributed by atoms with Gasteiger partial charge in [-0.25, -0.2) is 0 Å². The van der Waals surface area contributed by atoms with Crippen LogP contribution in [0, 0.1) is 48.3 Å². The Hall–Kier alpha value is -10.0. The summed E-state index contributed by atoms with van der Waals surface area (Å²) in [5.41, 5.74) is 20.3. The lowest BCUT2D eigenvalue weighted by Crippen LogP contribution is -2.60. The maximum atomic E-state index is 14.3. The Balaban J connectivity index is 2.43. The number of nitro groups is 2. The van der Waals surface area contributed by atoms with E-state index in [4.69, 9.17) is 39.2 Å². The van der Waals surface area contributed by atoms with Crippen molar-refractivity contribution in [3.05, 3.63) is 38.4 Å². The van der Waals surface area contributed by atoms with Gasteiger partial charge in [-0.2, -0.15) is 0 Å². The molecule has 92 heavy (non-hydrogen) atoms. The number of hydrogen-bond donors (Lipinski definition) is 20. The van der Waals surface area contributed by atoms with Crippen molar-refractivity contribution in [1.82, 2.24) is 63.4 Å². The fourth-order valence-corrected chi connectivity index (χ4v) is 9.27. The Bertz CT molecular complexity index is 2810. The van der Waals surface area contributed by atoms with Gasteiger partial charge in [0.1, 0.15) is 48.0 Å². The number of anilines is 1. The Morgan fingerprint density at radius 1 is 0.641 bits per heavy atom. The van der Waals surface area contributed by atoms with E-state index in [1.54, 1.807) is 34.0 Å². The summed E-state index contributed by atoms with van der Waals surface area (Å²) in [5.74, 6) is -11.0. The van der Waals surface area contributed by atoms with E-state index in [-0.39, 0.29) is 100 Å². The zero-order chi connectivity index (χ0) is 69.4. The summed E-state index contributed by atoms with van der Waals surface area (Å²) in [7, 11) is 0. The highest BCUT2D eigenvalue weighted by Gasteiger charge is 2.39. The molecule has 1 fully saturated rings. The Morgan fingerprint density at radius 3 is 1.70 bits per heavy atom. The number of benzene rings is 1. The minimum absolute atomic E-state index is 0.00485. The van der Waals surface area contributed by atoms with Crippen LogP contribution in [0.5, 0.6) is 0 Å². The van der Waals surface area contributed by atoms with Crippen LogP contribution in [0.3, 0.4) is 0 Å². The second-order valence-corrected chi connectivity index (χ2v) is 22.5. The molecule has 38 heteroatoms. The zero-order valence-electron chi connectivity index (χ0n) is 52.0. The number of non-ortho nitro benzene ring substituents is 1. The van der Waals surface area contributed by atoms with E-state index >= 15 is 0 Å². The number of nitrogens with one attached hydrogen (secondary N) is 15. The topological polar surface area (TPSA) is 618 Å². The van der Waals surface area contributed by atoms with E-state index < -0.39 is 167 Å². The second kappa shape index (κ2) is 39.9. The van der Waals surface area contributed by atoms with Gasteiger partial charge in [0, 0.05) is 45.2 Å². The maximum Gasteiger partial charge on any atom is 0.303 e. The maximum absolute atomic E-state index is 14.3. The predicted molar refractivity (Wildman–Crippen MR) is 332 cm³/mol. The highest BCUT2D eigenvalue weighted by atomic mass is 16.6. The number of amides is 9. The highest BCUT2D eigenvalue weighted by molar-refractivity contribution is 5.98. The highest BCUT2D eigenvalue weighted by Crippen LogP contribution is 2.29. The molecular weight excluding hydrogens is 1210 g/mol. The number of hydrogen-bond acceptors (Lipinski definition) is 20. The first kappa shape index (κ1) is 78.1. The standard InChI is InChI=1S/C54H89N22O16/c1-28(2)22-37(72-50(87)40-13-9-21-74(40)51(88)33(55)11-7-19-63-53(58)59)45(82)66-26-42(78)69-38(23-29(3)4)48(85)73-39(25-65-34-15-14-32(75(89)90)24-41(34)76(91)92)49(86)67-30(5)44(81)70-35(12-8-20-64-54(60)61)47(84)71-36(16-17-43(79)80)46(83)68-31(27-77)10-6-18-62-52(56)57/h14-15,24,28-31,33,35-40,65H,6-13,16-23,25-26,55H2,1-5H3,(H,66,82)(H,67,86)(H,68,83)(H,69,78)(H,70,81)(H,71,84)(H,72,87)(H,73,85)(H,79,80)(H4,56,57,62)(H4,58,59,63)(H4,60,61,64)/t30-,31+,33-,35+,36+,37-,38-,39-,40-/m0/s1. The molecule has 1 saturated heterocycles. The van der Waals surface area contributed by atoms with Crippen LogP contribution < -0.4 is 86.7 Å². The van der Waals surface area contributed by atoms with E-state index in [1.807, 2.05) is 0 Å². The average molecular weight is 1300 g/mol. The van der Waals surface area contributed by atoms with Gasteiger partial charge in [-0.1, -0.05) is 27.7 Å². The molecule has 1 aliphatic rings. The lowest BCUT2D eigenvalue weighted by Gasteiger charge is -2.29. The van der Waals surface area contributed by atoms with Crippen molar-refractivity contribution in [3.63, 3.8) is 0 Å². The number of carboxylic acids is 1. The fourth-order valence-electron chi connectivity index (χ4n) is 9.27. The van der Waals surface area contributed by atoms with Crippen molar-refractivity contribution in [2.75, 3.05) is 44.6 Å². The van der Waals surface area contributed by atoms with Gasteiger partial charge in [0.15, 0.2) is 17.9 Å². The summed E-state index contributed by atoms with van der Waals surface area (Å²) in [6.45, 7) is 7.31. The third-order valence-electron chi connectivity index (χ3n) is 13.9. The molecular formula is C54H89N22O16. The number of nitro benzene ring substituents is 2. The van der Waals surface area contributed by atoms with Gasteiger partial charge in [-0.3, -0.25) is 89.2 Å². The molecule has 0 bridgehead atoms. The van der Waals surface area contributed by atoms with Crippen LogP contribution in [0.4, 0.5) is 17.1 Å². The van der Waals surface area contributed by atoms with Gasteiger partial charge < -0.3 is 96.7 Å². The molecule has 1 radical (unpaired) electrons. The number of carbonyl (C=O) groups is 10. The molecule has 2 rings (SSSR count). The van der Waals surface area contributed by atoms with Crippen molar-refractivity contribution >= 4 is 100 Å². The molecule has 0 spiro atoms.